The molecule has 0 atom stereocenters. The van der Waals surface area contributed by atoms with Crippen LogP contribution in [-0.2, 0) is 6.54 Å². The topological polar surface area (TPSA) is 41.6 Å². The summed E-state index contributed by atoms with van der Waals surface area (Å²) in [5, 5.41) is 0. The molecule has 4 heteroatoms. The molecule has 86 valence electrons. The average Bonchev–Trinajstić information content (AvgIpc) is 3.11. The Hall–Kier alpha value is -1.58. The summed E-state index contributed by atoms with van der Waals surface area (Å²) in [5.41, 5.74) is 6.80. The standard InChI is InChI=1S/C12H16FN3/c1-16(11-6-7-11)12(14)15-8-9-2-4-10(13)5-3-9/h2-5,11H,6-8H2,1H3,(H2,14,15). The number of nitrogens with zero attached hydrogens (tertiary/aromatic N) is 2. The lowest BCUT2D eigenvalue weighted by atomic mass is 10.2. The van der Waals surface area contributed by atoms with Crippen LogP contribution in [0, 0.1) is 5.82 Å². The highest BCUT2D eigenvalue weighted by Crippen LogP contribution is 2.24. The summed E-state index contributed by atoms with van der Waals surface area (Å²) in [6, 6.07) is 6.89. The lowest BCUT2D eigenvalue weighted by Crippen LogP contribution is -2.35. The maximum absolute atomic E-state index is 12.7. The Morgan fingerprint density at radius 2 is 2.06 bits per heavy atom. The second-order valence-corrected chi connectivity index (χ2v) is 4.14. The monoisotopic (exact) mass is 221 g/mol. The van der Waals surface area contributed by atoms with Crippen LogP contribution in [0.3, 0.4) is 0 Å². The van der Waals surface area contributed by atoms with Gasteiger partial charge in [-0.05, 0) is 30.5 Å². The molecule has 16 heavy (non-hydrogen) atoms. The van der Waals surface area contributed by atoms with Gasteiger partial charge in [0.05, 0.1) is 6.54 Å². The highest BCUT2D eigenvalue weighted by atomic mass is 19.1. The van der Waals surface area contributed by atoms with Gasteiger partial charge >= 0.3 is 0 Å². The predicted molar refractivity (Wildman–Crippen MR) is 62.5 cm³/mol. The summed E-state index contributed by atoms with van der Waals surface area (Å²) in [6.45, 7) is 0.503. The minimum Gasteiger partial charge on any atom is -0.370 e. The van der Waals surface area contributed by atoms with E-state index >= 15 is 0 Å². The fraction of sp³-hybridized carbons (Fsp3) is 0.417. The van der Waals surface area contributed by atoms with Gasteiger partial charge in [0.25, 0.3) is 0 Å². The van der Waals surface area contributed by atoms with Gasteiger partial charge in [0, 0.05) is 13.1 Å². The number of nitrogens with two attached hydrogens (primary N) is 1. The van der Waals surface area contributed by atoms with Crippen molar-refractivity contribution < 1.29 is 4.39 Å². The molecule has 1 fully saturated rings. The molecule has 0 radical (unpaired) electrons. The first kappa shape index (κ1) is 10.9. The lowest BCUT2D eigenvalue weighted by molar-refractivity contribution is 0.487. The van der Waals surface area contributed by atoms with Gasteiger partial charge in [0.15, 0.2) is 5.96 Å². The number of guanidine groups is 1. The van der Waals surface area contributed by atoms with Gasteiger partial charge in [-0.1, -0.05) is 12.1 Å². The summed E-state index contributed by atoms with van der Waals surface area (Å²) >= 11 is 0. The first-order valence-electron chi connectivity index (χ1n) is 5.44. The molecule has 3 nitrogen and oxygen atoms in total. The Balaban J connectivity index is 1.94. The Bertz CT molecular complexity index is 382. The number of hydrogen-bond acceptors (Lipinski definition) is 1. The van der Waals surface area contributed by atoms with Crippen LogP contribution in [-0.4, -0.2) is 23.9 Å². The minimum absolute atomic E-state index is 0.226. The second kappa shape index (κ2) is 4.51. The van der Waals surface area contributed by atoms with Gasteiger partial charge in [-0.2, -0.15) is 0 Å². The molecule has 2 N–H and O–H groups in total. The number of rotatable bonds is 3. The number of aliphatic imine (C=N–C) groups is 1. The molecule has 0 amide bonds. The summed E-state index contributed by atoms with van der Waals surface area (Å²) in [5.74, 6) is 0.336. The third-order valence-corrected chi connectivity index (χ3v) is 2.79. The van der Waals surface area contributed by atoms with Crippen molar-refractivity contribution in [1.29, 1.82) is 0 Å². The molecule has 1 aromatic carbocycles. The van der Waals surface area contributed by atoms with E-state index in [9.17, 15) is 4.39 Å². The molecule has 0 bridgehead atoms. The molecule has 2 rings (SSSR count). The lowest BCUT2D eigenvalue weighted by Gasteiger charge is -2.16. The van der Waals surface area contributed by atoms with E-state index in [0.29, 0.717) is 18.5 Å². The van der Waals surface area contributed by atoms with Gasteiger partial charge in [0.1, 0.15) is 5.82 Å². The van der Waals surface area contributed by atoms with Gasteiger partial charge < -0.3 is 10.6 Å². The van der Waals surface area contributed by atoms with Crippen molar-refractivity contribution in [2.75, 3.05) is 7.05 Å². The molecule has 0 aliphatic heterocycles. The van der Waals surface area contributed by atoms with E-state index in [1.54, 1.807) is 12.1 Å². The average molecular weight is 221 g/mol. The van der Waals surface area contributed by atoms with Crippen LogP contribution in [0.1, 0.15) is 18.4 Å². The molecule has 0 saturated heterocycles. The molecule has 1 aromatic rings. The zero-order chi connectivity index (χ0) is 11.5. The highest BCUT2D eigenvalue weighted by molar-refractivity contribution is 5.78. The first-order valence-corrected chi connectivity index (χ1v) is 5.44. The SMILES string of the molecule is CN(C(N)=NCc1ccc(F)cc1)C1CC1. The molecule has 0 spiro atoms. The predicted octanol–water partition coefficient (Wildman–Crippen LogP) is 1.73. The largest absolute Gasteiger partial charge is 0.370 e. The van der Waals surface area contributed by atoms with E-state index in [2.05, 4.69) is 4.99 Å². The molecule has 1 aliphatic rings. The molecule has 0 aromatic heterocycles. The van der Waals surface area contributed by atoms with Crippen molar-refractivity contribution in [3.8, 4) is 0 Å². The Morgan fingerprint density at radius 1 is 1.44 bits per heavy atom. The van der Waals surface area contributed by atoms with Crippen molar-refractivity contribution in [2.24, 2.45) is 10.7 Å². The molecule has 1 saturated carbocycles. The fourth-order valence-electron chi connectivity index (χ4n) is 1.52. The first-order chi connectivity index (χ1) is 7.66. The highest BCUT2D eigenvalue weighted by Gasteiger charge is 2.27. The van der Waals surface area contributed by atoms with Crippen LogP contribution in [0.2, 0.25) is 0 Å². The summed E-state index contributed by atoms with van der Waals surface area (Å²) < 4.78 is 12.7. The maximum atomic E-state index is 12.7. The van der Waals surface area contributed by atoms with E-state index < -0.39 is 0 Å². The normalized spacial score (nSPS) is 16.2. The van der Waals surface area contributed by atoms with Crippen molar-refractivity contribution in [3.05, 3.63) is 35.6 Å². The number of benzene rings is 1. The molecular formula is C12H16FN3. The molecular weight excluding hydrogens is 205 g/mol. The quantitative estimate of drug-likeness (QED) is 0.624. The molecule has 1 aliphatic carbocycles. The van der Waals surface area contributed by atoms with Crippen LogP contribution in [0.15, 0.2) is 29.3 Å². The van der Waals surface area contributed by atoms with Crippen LogP contribution < -0.4 is 5.73 Å². The third kappa shape index (κ3) is 2.72. The Morgan fingerprint density at radius 3 is 2.62 bits per heavy atom. The zero-order valence-corrected chi connectivity index (χ0v) is 9.36. The summed E-state index contributed by atoms with van der Waals surface area (Å²) in [4.78, 5) is 6.29. The van der Waals surface area contributed by atoms with Gasteiger partial charge in [0.2, 0.25) is 0 Å². The van der Waals surface area contributed by atoms with Crippen molar-refractivity contribution >= 4 is 5.96 Å². The van der Waals surface area contributed by atoms with Crippen LogP contribution in [0.25, 0.3) is 0 Å². The van der Waals surface area contributed by atoms with Gasteiger partial charge in [-0.3, -0.25) is 0 Å². The Labute approximate surface area is 94.8 Å². The number of hydrogen-bond donors (Lipinski definition) is 1. The number of halogens is 1. The van der Waals surface area contributed by atoms with Crippen molar-refractivity contribution in [3.63, 3.8) is 0 Å². The smallest absolute Gasteiger partial charge is 0.191 e. The molecule has 0 heterocycles. The van der Waals surface area contributed by atoms with E-state index in [1.807, 2.05) is 11.9 Å². The summed E-state index contributed by atoms with van der Waals surface area (Å²) in [7, 11) is 1.96. The fourth-order valence-corrected chi connectivity index (χ4v) is 1.52. The van der Waals surface area contributed by atoms with Crippen LogP contribution in [0.5, 0.6) is 0 Å². The Kier molecular flexibility index (Phi) is 3.08. The van der Waals surface area contributed by atoms with E-state index in [1.165, 1.54) is 25.0 Å². The van der Waals surface area contributed by atoms with Crippen molar-refractivity contribution in [2.45, 2.75) is 25.4 Å². The minimum atomic E-state index is -0.226. The maximum Gasteiger partial charge on any atom is 0.191 e. The van der Waals surface area contributed by atoms with E-state index in [-0.39, 0.29) is 5.82 Å². The van der Waals surface area contributed by atoms with E-state index in [4.69, 9.17) is 5.73 Å². The van der Waals surface area contributed by atoms with Crippen molar-refractivity contribution in [1.82, 2.24) is 4.90 Å². The third-order valence-electron chi connectivity index (χ3n) is 2.79. The van der Waals surface area contributed by atoms with E-state index in [0.717, 1.165) is 5.56 Å². The van der Waals surface area contributed by atoms with Crippen LogP contribution in [0.4, 0.5) is 4.39 Å². The zero-order valence-electron chi connectivity index (χ0n) is 9.36. The van der Waals surface area contributed by atoms with Crippen LogP contribution >= 0.6 is 0 Å². The van der Waals surface area contributed by atoms with Gasteiger partial charge in [-0.15, -0.1) is 0 Å². The summed E-state index contributed by atoms with van der Waals surface area (Å²) in [6.07, 6.45) is 2.40. The van der Waals surface area contributed by atoms with Gasteiger partial charge in [-0.25, -0.2) is 9.38 Å². The molecule has 0 unspecified atom stereocenters. The second-order valence-electron chi connectivity index (χ2n) is 4.14.